The summed E-state index contributed by atoms with van der Waals surface area (Å²) in [4.78, 5) is 0. The lowest BCUT2D eigenvalue weighted by Gasteiger charge is -2.38. The molecule has 114 valence electrons. The van der Waals surface area contributed by atoms with Crippen LogP contribution in [0.15, 0.2) is 24.3 Å². The predicted molar refractivity (Wildman–Crippen MR) is 82.7 cm³/mol. The first-order valence-electron chi connectivity index (χ1n) is 7.44. The van der Waals surface area contributed by atoms with Gasteiger partial charge in [-0.15, -0.1) is 0 Å². The molecule has 0 amide bonds. The first kappa shape index (κ1) is 17.1. The molecule has 0 aliphatic carbocycles. The van der Waals surface area contributed by atoms with Crippen molar-refractivity contribution in [2.45, 2.75) is 26.2 Å². The van der Waals surface area contributed by atoms with E-state index in [1.807, 2.05) is 0 Å². The second kappa shape index (κ2) is 9.08. The lowest BCUT2D eigenvalue weighted by atomic mass is 10.1. The van der Waals surface area contributed by atoms with Gasteiger partial charge in [-0.1, -0.05) is 17.7 Å². The molecule has 0 heterocycles. The first-order chi connectivity index (χ1) is 9.68. The van der Waals surface area contributed by atoms with Gasteiger partial charge in [0.25, 0.3) is 0 Å². The van der Waals surface area contributed by atoms with Gasteiger partial charge in [0.1, 0.15) is 5.69 Å². The van der Waals surface area contributed by atoms with Crippen molar-refractivity contribution in [3.8, 4) is 0 Å². The van der Waals surface area contributed by atoms with Crippen molar-refractivity contribution in [1.29, 1.82) is 0 Å². The summed E-state index contributed by atoms with van der Waals surface area (Å²) >= 11 is 0. The Hall–Kier alpha value is -0.940. The van der Waals surface area contributed by atoms with Crippen LogP contribution in [-0.4, -0.2) is 54.8 Å². The van der Waals surface area contributed by atoms with Crippen molar-refractivity contribution in [2.75, 3.05) is 39.5 Å². The van der Waals surface area contributed by atoms with Crippen LogP contribution in [0.25, 0.3) is 0 Å². The predicted octanol–water partition coefficient (Wildman–Crippen LogP) is 1.45. The van der Waals surface area contributed by atoms with Crippen molar-refractivity contribution in [2.24, 2.45) is 0 Å². The van der Waals surface area contributed by atoms with Gasteiger partial charge in [-0.3, -0.25) is 4.48 Å². The van der Waals surface area contributed by atoms with Crippen LogP contribution >= 0.6 is 0 Å². The Labute approximate surface area is 121 Å². The molecule has 0 atom stereocenters. The molecular weight excluding hydrogens is 254 g/mol. The van der Waals surface area contributed by atoms with E-state index in [9.17, 15) is 0 Å². The topological polar surface area (TPSA) is 60.7 Å². The maximum Gasteiger partial charge on any atom is 0.132 e. The van der Waals surface area contributed by atoms with Gasteiger partial charge >= 0.3 is 0 Å². The molecule has 0 radical (unpaired) electrons. The minimum atomic E-state index is 0.171. The Morgan fingerprint density at radius 2 is 1.15 bits per heavy atom. The highest BCUT2D eigenvalue weighted by Crippen LogP contribution is 2.25. The van der Waals surface area contributed by atoms with E-state index in [1.54, 1.807) is 0 Å². The van der Waals surface area contributed by atoms with E-state index in [2.05, 4.69) is 31.2 Å². The lowest BCUT2D eigenvalue weighted by Crippen LogP contribution is -2.52. The molecule has 20 heavy (non-hydrogen) atoms. The summed E-state index contributed by atoms with van der Waals surface area (Å²) in [5.74, 6) is 0. The number of nitrogens with zero attached hydrogens (tertiary/aromatic N) is 1. The molecule has 4 heteroatoms. The maximum absolute atomic E-state index is 9.16. The van der Waals surface area contributed by atoms with Gasteiger partial charge in [-0.2, -0.15) is 0 Å². The molecule has 0 saturated carbocycles. The zero-order chi connectivity index (χ0) is 14.8. The summed E-state index contributed by atoms with van der Waals surface area (Å²) in [7, 11) is 0. The Bertz CT molecular complexity index is 343. The van der Waals surface area contributed by atoms with Crippen LogP contribution in [0, 0.1) is 6.92 Å². The second-order valence-electron chi connectivity index (χ2n) is 5.38. The van der Waals surface area contributed by atoms with Gasteiger partial charge in [0.15, 0.2) is 0 Å². The molecule has 0 fully saturated rings. The van der Waals surface area contributed by atoms with E-state index in [0.29, 0.717) is 0 Å². The van der Waals surface area contributed by atoms with Gasteiger partial charge in [0.05, 0.1) is 19.6 Å². The average Bonchev–Trinajstić information content (AvgIpc) is 2.48. The fraction of sp³-hybridized carbons (Fsp3) is 0.625. The van der Waals surface area contributed by atoms with Gasteiger partial charge in [-0.25, -0.2) is 0 Å². The van der Waals surface area contributed by atoms with Gasteiger partial charge in [0, 0.05) is 39.1 Å². The molecule has 4 nitrogen and oxygen atoms in total. The molecule has 1 rings (SSSR count). The van der Waals surface area contributed by atoms with E-state index in [0.717, 1.165) is 43.4 Å². The number of quaternary nitrogens is 1. The van der Waals surface area contributed by atoms with Crippen molar-refractivity contribution in [3.05, 3.63) is 29.8 Å². The Balaban J connectivity index is 3.00. The Kier molecular flexibility index (Phi) is 7.77. The summed E-state index contributed by atoms with van der Waals surface area (Å²) in [5, 5.41) is 27.5. The number of aliphatic hydroxyl groups excluding tert-OH is 3. The van der Waals surface area contributed by atoms with Crippen molar-refractivity contribution in [3.63, 3.8) is 0 Å². The summed E-state index contributed by atoms with van der Waals surface area (Å²) in [5.41, 5.74) is 2.42. The van der Waals surface area contributed by atoms with Gasteiger partial charge in [-0.05, 0) is 19.1 Å². The van der Waals surface area contributed by atoms with Crippen LogP contribution in [0.5, 0.6) is 0 Å². The minimum Gasteiger partial charge on any atom is -0.396 e. The average molecular weight is 282 g/mol. The number of rotatable bonds is 10. The van der Waals surface area contributed by atoms with Crippen molar-refractivity contribution >= 4 is 5.69 Å². The van der Waals surface area contributed by atoms with Crippen LogP contribution in [0.1, 0.15) is 24.8 Å². The second-order valence-corrected chi connectivity index (χ2v) is 5.38. The summed E-state index contributed by atoms with van der Waals surface area (Å²) in [6, 6.07) is 8.45. The third-order valence-electron chi connectivity index (χ3n) is 3.81. The third kappa shape index (κ3) is 4.87. The van der Waals surface area contributed by atoms with Crippen molar-refractivity contribution < 1.29 is 15.3 Å². The standard InChI is InChI=1S/C16H28NO3/c1-15-5-7-16(8-6-15)17(9-2-12-18,10-3-13-19)11-4-14-20/h5-8,18-20H,2-4,9-14H2,1H3/q+1. The molecule has 0 unspecified atom stereocenters. The fourth-order valence-electron chi connectivity index (χ4n) is 2.70. The van der Waals surface area contributed by atoms with E-state index in [4.69, 9.17) is 15.3 Å². The zero-order valence-corrected chi connectivity index (χ0v) is 12.5. The third-order valence-corrected chi connectivity index (χ3v) is 3.81. The molecule has 1 aromatic carbocycles. The summed E-state index contributed by atoms with van der Waals surface area (Å²) in [6.45, 7) is 5.07. The first-order valence-corrected chi connectivity index (χ1v) is 7.44. The van der Waals surface area contributed by atoms with E-state index >= 15 is 0 Å². The molecular formula is C16H28NO3+. The zero-order valence-electron chi connectivity index (χ0n) is 12.5. The monoisotopic (exact) mass is 282 g/mol. The SMILES string of the molecule is Cc1ccc([N+](CCCO)(CCCO)CCCO)cc1. The normalized spacial score (nSPS) is 11.8. The van der Waals surface area contributed by atoms with Gasteiger partial charge in [0.2, 0.25) is 0 Å². The molecule has 3 N–H and O–H groups in total. The minimum absolute atomic E-state index is 0.171. The molecule has 0 aromatic heterocycles. The molecule has 1 aromatic rings. The number of benzene rings is 1. The molecule has 0 aliphatic heterocycles. The maximum atomic E-state index is 9.16. The summed E-state index contributed by atoms with van der Waals surface area (Å²) in [6.07, 6.45) is 2.18. The number of aryl methyl sites for hydroxylation is 1. The highest BCUT2D eigenvalue weighted by molar-refractivity contribution is 5.44. The number of aliphatic hydroxyl groups is 3. The quantitative estimate of drug-likeness (QED) is 0.569. The molecule has 0 bridgehead atoms. The number of hydrogen-bond acceptors (Lipinski definition) is 3. The van der Waals surface area contributed by atoms with Crippen LogP contribution in [0.2, 0.25) is 0 Å². The summed E-state index contributed by atoms with van der Waals surface area (Å²) < 4.78 is 0.724. The van der Waals surface area contributed by atoms with Gasteiger partial charge < -0.3 is 15.3 Å². The fourth-order valence-corrected chi connectivity index (χ4v) is 2.70. The number of hydrogen-bond donors (Lipinski definition) is 3. The van der Waals surface area contributed by atoms with E-state index < -0.39 is 0 Å². The highest BCUT2D eigenvalue weighted by Gasteiger charge is 2.28. The van der Waals surface area contributed by atoms with Crippen LogP contribution in [-0.2, 0) is 0 Å². The van der Waals surface area contributed by atoms with Crippen LogP contribution in [0.4, 0.5) is 5.69 Å². The van der Waals surface area contributed by atoms with E-state index in [1.165, 1.54) is 11.3 Å². The largest absolute Gasteiger partial charge is 0.396 e. The molecule has 0 spiro atoms. The Morgan fingerprint density at radius 1 is 0.750 bits per heavy atom. The van der Waals surface area contributed by atoms with Crippen molar-refractivity contribution in [1.82, 2.24) is 4.48 Å². The highest BCUT2D eigenvalue weighted by atomic mass is 16.3. The van der Waals surface area contributed by atoms with E-state index in [-0.39, 0.29) is 19.8 Å². The Morgan fingerprint density at radius 3 is 1.50 bits per heavy atom. The molecule has 0 aliphatic rings. The van der Waals surface area contributed by atoms with Crippen LogP contribution < -0.4 is 4.48 Å². The lowest BCUT2D eigenvalue weighted by molar-refractivity contribution is 0.186. The molecule has 0 saturated heterocycles. The van der Waals surface area contributed by atoms with Crippen LogP contribution in [0.3, 0.4) is 0 Å². The smallest absolute Gasteiger partial charge is 0.132 e.